The summed E-state index contributed by atoms with van der Waals surface area (Å²) in [6, 6.07) is 0. The Kier molecular flexibility index (Phi) is 4.76. The lowest BCUT2D eigenvalue weighted by Crippen LogP contribution is -2.46. The molecule has 2 aliphatic heterocycles. The van der Waals surface area contributed by atoms with Crippen molar-refractivity contribution in [3.05, 3.63) is 0 Å². The van der Waals surface area contributed by atoms with Gasteiger partial charge in [-0.3, -0.25) is 4.79 Å². The van der Waals surface area contributed by atoms with Crippen molar-refractivity contribution in [2.24, 2.45) is 0 Å². The van der Waals surface area contributed by atoms with Crippen molar-refractivity contribution in [3.63, 3.8) is 0 Å². The summed E-state index contributed by atoms with van der Waals surface area (Å²) >= 11 is 0. The van der Waals surface area contributed by atoms with E-state index in [-0.39, 0.29) is 12.3 Å². The standard InChI is InChI=1S/C17H30N2O3/c20-15(12-16(21)6-2-1-3-7-16)19-11-8-17(22,14-19)13-18-9-4-5-10-18/h21-22H,1-14H2. The van der Waals surface area contributed by atoms with Crippen LogP contribution in [0.5, 0.6) is 0 Å². The quantitative estimate of drug-likeness (QED) is 0.817. The van der Waals surface area contributed by atoms with E-state index >= 15 is 0 Å². The third kappa shape index (κ3) is 3.81. The van der Waals surface area contributed by atoms with Crippen LogP contribution >= 0.6 is 0 Å². The lowest BCUT2D eigenvalue weighted by atomic mass is 9.82. The zero-order chi connectivity index (χ0) is 15.6. The molecular formula is C17H30N2O3. The second-order valence-electron chi connectivity index (χ2n) is 7.73. The number of nitrogens with zero attached hydrogens (tertiary/aromatic N) is 2. The van der Waals surface area contributed by atoms with Gasteiger partial charge < -0.3 is 20.0 Å². The van der Waals surface area contributed by atoms with Gasteiger partial charge in [-0.15, -0.1) is 0 Å². The van der Waals surface area contributed by atoms with Crippen LogP contribution in [0, 0.1) is 0 Å². The molecule has 3 fully saturated rings. The van der Waals surface area contributed by atoms with Crippen molar-refractivity contribution in [1.29, 1.82) is 0 Å². The van der Waals surface area contributed by atoms with Gasteiger partial charge in [-0.1, -0.05) is 19.3 Å². The van der Waals surface area contributed by atoms with E-state index in [2.05, 4.69) is 4.90 Å². The van der Waals surface area contributed by atoms with Gasteiger partial charge in [0.25, 0.3) is 0 Å². The number of carbonyl (C=O) groups is 1. The molecule has 0 bridgehead atoms. The zero-order valence-corrected chi connectivity index (χ0v) is 13.6. The van der Waals surface area contributed by atoms with Gasteiger partial charge >= 0.3 is 0 Å². The highest BCUT2D eigenvalue weighted by Crippen LogP contribution is 2.32. The van der Waals surface area contributed by atoms with Crippen LogP contribution in [0.2, 0.25) is 0 Å². The lowest BCUT2D eigenvalue weighted by molar-refractivity contribution is -0.137. The van der Waals surface area contributed by atoms with E-state index in [0.29, 0.717) is 26.1 Å². The molecule has 1 unspecified atom stereocenters. The molecule has 0 radical (unpaired) electrons. The number of amides is 1. The molecule has 3 aliphatic rings. The third-order valence-corrected chi connectivity index (χ3v) is 5.67. The van der Waals surface area contributed by atoms with Crippen molar-refractivity contribution < 1.29 is 15.0 Å². The first-order valence-electron chi connectivity index (χ1n) is 8.93. The van der Waals surface area contributed by atoms with Crippen LogP contribution in [0.4, 0.5) is 0 Å². The van der Waals surface area contributed by atoms with Gasteiger partial charge in [0.05, 0.1) is 24.2 Å². The van der Waals surface area contributed by atoms with Gasteiger partial charge in [0, 0.05) is 13.1 Å². The fourth-order valence-corrected chi connectivity index (χ4v) is 4.34. The minimum absolute atomic E-state index is 0.0155. The molecule has 126 valence electrons. The van der Waals surface area contributed by atoms with E-state index in [1.807, 2.05) is 0 Å². The molecule has 0 aromatic heterocycles. The Bertz CT molecular complexity index is 403. The van der Waals surface area contributed by atoms with Crippen molar-refractivity contribution in [1.82, 2.24) is 9.80 Å². The molecule has 0 spiro atoms. The minimum Gasteiger partial charge on any atom is -0.389 e. The summed E-state index contributed by atoms with van der Waals surface area (Å²) in [5, 5.41) is 21.3. The number of carbonyl (C=O) groups excluding carboxylic acids is 1. The maximum atomic E-state index is 12.5. The number of β-amino-alcohol motifs (C(OH)–C–C–N with tert-alkyl or cyclic N) is 1. The maximum Gasteiger partial charge on any atom is 0.225 e. The highest BCUT2D eigenvalue weighted by molar-refractivity contribution is 5.77. The number of hydrogen-bond donors (Lipinski definition) is 2. The Morgan fingerprint density at radius 2 is 1.55 bits per heavy atom. The Morgan fingerprint density at radius 3 is 2.23 bits per heavy atom. The van der Waals surface area contributed by atoms with Gasteiger partial charge in [-0.25, -0.2) is 0 Å². The van der Waals surface area contributed by atoms with Crippen molar-refractivity contribution >= 4 is 5.91 Å². The number of aliphatic hydroxyl groups is 2. The fourth-order valence-electron chi connectivity index (χ4n) is 4.34. The van der Waals surface area contributed by atoms with Gasteiger partial charge in [0.15, 0.2) is 0 Å². The Balaban J connectivity index is 1.51. The van der Waals surface area contributed by atoms with Crippen LogP contribution < -0.4 is 0 Å². The average Bonchev–Trinajstić information content (AvgIpc) is 3.09. The van der Waals surface area contributed by atoms with E-state index in [1.54, 1.807) is 4.90 Å². The van der Waals surface area contributed by atoms with E-state index in [4.69, 9.17) is 0 Å². The summed E-state index contributed by atoms with van der Waals surface area (Å²) in [6.07, 6.45) is 7.99. The Hall–Kier alpha value is -0.650. The molecule has 2 saturated heterocycles. The van der Waals surface area contributed by atoms with Crippen LogP contribution in [-0.2, 0) is 4.79 Å². The largest absolute Gasteiger partial charge is 0.389 e. The molecule has 1 atom stereocenters. The molecule has 0 aromatic carbocycles. The molecular weight excluding hydrogens is 280 g/mol. The predicted molar refractivity (Wildman–Crippen MR) is 84.5 cm³/mol. The van der Waals surface area contributed by atoms with E-state index in [1.165, 1.54) is 12.8 Å². The Morgan fingerprint density at radius 1 is 0.864 bits per heavy atom. The van der Waals surface area contributed by atoms with Gasteiger partial charge in [-0.2, -0.15) is 0 Å². The third-order valence-electron chi connectivity index (χ3n) is 5.67. The van der Waals surface area contributed by atoms with Crippen molar-refractivity contribution in [2.45, 2.75) is 69.0 Å². The van der Waals surface area contributed by atoms with Gasteiger partial charge in [-0.05, 0) is 45.2 Å². The van der Waals surface area contributed by atoms with Gasteiger partial charge in [0.1, 0.15) is 0 Å². The zero-order valence-electron chi connectivity index (χ0n) is 13.6. The predicted octanol–water partition coefficient (Wildman–Crippen LogP) is 1.13. The first kappa shape index (κ1) is 16.2. The van der Waals surface area contributed by atoms with Crippen LogP contribution in [0.3, 0.4) is 0 Å². The summed E-state index contributed by atoms with van der Waals surface area (Å²) in [5.74, 6) is 0.0155. The average molecular weight is 310 g/mol. The van der Waals surface area contributed by atoms with E-state index in [0.717, 1.165) is 45.2 Å². The molecule has 1 aliphatic carbocycles. The molecule has 2 heterocycles. The van der Waals surface area contributed by atoms with Crippen LogP contribution in [0.15, 0.2) is 0 Å². The second-order valence-corrected chi connectivity index (χ2v) is 7.73. The topological polar surface area (TPSA) is 64.0 Å². The van der Waals surface area contributed by atoms with Crippen molar-refractivity contribution in [2.75, 3.05) is 32.7 Å². The fraction of sp³-hybridized carbons (Fsp3) is 0.941. The monoisotopic (exact) mass is 310 g/mol. The first-order valence-corrected chi connectivity index (χ1v) is 8.93. The van der Waals surface area contributed by atoms with Crippen LogP contribution in [0.1, 0.15) is 57.8 Å². The summed E-state index contributed by atoms with van der Waals surface area (Å²) in [4.78, 5) is 16.6. The first-order chi connectivity index (χ1) is 10.5. The molecule has 22 heavy (non-hydrogen) atoms. The smallest absolute Gasteiger partial charge is 0.225 e. The van der Waals surface area contributed by atoms with Crippen LogP contribution in [-0.4, -0.2) is 69.8 Å². The van der Waals surface area contributed by atoms with Crippen molar-refractivity contribution in [3.8, 4) is 0 Å². The lowest BCUT2D eigenvalue weighted by Gasteiger charge is -2.33. The van der Waals surface area contributed by atoms with E-state index < -0.39 is 11.2 Å². The van der Waals surface area contributed by atoms with E-state index in [9.17, 15) is 15.0 Å². The highest BCUT2D eigenvalue weighted by atomic mass is 16.3. The number of likely N-dealkylation sites (tertiary alicyclic amines) is 2. The summed E-state index contributed by atoms with van der Waals surface area (Å²) < 4.78 is 0. The Labute approximate surface area is 133 Å². The molecule has 5 nitrogen and oxygen atoms in total. The second kappa shape index (κ2) is 6.46. The molecule has 5 heteroatoms. The SMILES string of the molecule is O=C(CC1(O)CCCCC1)N1CCC(O)(CN2CCCC2)C1. The molecule has 1 saturated carbocycles. The molecule has 2 N–H and O–H groups in total. The molecule has 0 aromatic rings. The normalized spacial score (nSPS) is 32.5. The minimum atomic E-state index is -0.801. The summed E-state index contributed by atoms with van der Waals surface area (Å²) in [7, 11) is 0. The number of rotatable bonds is 4. The summed E-state index contributed by atoms with van der Waals surface area (Å²) in [6.45, 7) is 3.87. The summed E-state index contributed by atoms with van der Waals surface area (Å²) in [5.41, 5.74) is -1.56. The van der Waals surface area contributed by atoms with Crippen LogP contribution in [0.25, 0.3) is 0 Å². The molecule has 3 rings (SSSR count). The molecule has 1 amide bonds. The highest BCUT2D eigenvalue weighted by Gasteiger charge is 2.41. The number of hydrogen-bond acceptors (Lipinski definition) is 4. The maximum absolute atomic E-state index is 12.5. The van der Waals surface area contributed by atoms with Gasteiger partial charge in [0.2, 0.25) is 5.91 Å².